The van der Waals surface area contributed by atoms with Gasteiger partial charge in [0.25, 0.3) is 11.7 Å². The molecule has 0 spiro atoms. The van der Waals surface area contributed by atoms with Crippen LogP contribution >= 0.6 is 0 Å². The van der Waals surface area contributed by atoms with Gasteiger partial charge >= 0.3 is 0 Å². The van der Waals surface area contributed by atoms with Gasteiger partial charge in [-0.1, -0.05) is 24.3 Å². The number of imidazole rings is 1. The van der Waals surface area contributed by atoms with Gasteiger partial charge < -0.3 is 19.7 Å². The molecule has 32 heavy (non-hydrogen) atoms. The molecule has 0 aliphatic carbocycles. The van der Waals surface area contributed by atoms with Crippen molar-refractivity contribution >= 4 is 17.4 Å². The van der Waals surface area contributed by atoms with Crippen molar-refractivity contribution in [1.82, 2.24) is 14.5 Å². The third-order valence-corrected chi connectivity index (χ3v) is 5.55. The third-order valence-electron chi connectivity index (χ3n) is 5.55. The molecule has 0 saturated carbocycles. The normalized spacial score (nSPS) is 17.8. The topological polar surface area (TPSA) is 95.7 Å². The minimum Gasteiger partial charge on any atom is -0.508 e. The first-order chi connectivity index (χ1) is 15.4. The molecule has 2 aromatic carbocycles. The Hall–Kier alpha value is -3.94. The zero-order valence-corrected chi connectivity index (χ0v) is 17.4. The number of aryl methyl sites for hydroxylation is 2. The van der Waals surface area contributed by atoms with E-state index in [-0.39, 0.29) is 23.4 Å². The molecule has 164 valence electrons. The number of phenolic OH excluding ortho intramolecular Hbond substituents is 1. The Kier molecular flexibility index (Phi) is 5.77. The first kappa shape index (κ1) is 21.3. The molecular weight excluding hydrogens is 413 g/mol. The van der Waals surface area contributed by atoms with Gasteiger partial charge in [0, 0.05) is 31.0 Å². The minimum absolute atomic E-state index is 0.0344. The Morgan fingerprint density at radius 3 is 2.66 bits per heavy atom. The van der Waals surface area contributed by atoms with E-state index in [4.69, 9.17) is 0 Å². The number of phenols is 1. The lowest BCUT2D eigenvalue weighted by Gasteiger charge is -2.25. The maximum Gasteiger partial charge on any atom is 0.295 e. The van der Waals surface area contributed by atoms with Crippen LogP contribution < -0.4 is 0 Å². The number of ketones is 1. The lowest BCUT2D eigenvalue weighted by molar-refractivity contribution is -0.139. The van der Waals surface area contributed by atoms with Gasteiger partial charge in [-0.25, -0.2) is 9.37 Å². The summed E-state index contributed by atoms with van der Waals surface area (Å²) in [6.07, 6.45) is 5.65. The zero-order valence-electron chi connectivity index (χ0n) is 17.4. The van der Waals surface area contributed by atoms with Crippen LogP contribution in [-0.4, -0.2) is 42.9 Å². The van der Waals surface area contributed by atoms with Crippen LogP contribution in [0.2, 0.25) is 0 Å². The van der Waals surface area contributed by atoms with E-state index < -0.39 is 29.3 Å². The van der Waals surface area contributed by atoms with Crippen LogP contribution in [0.1, 0.15) is 29.2 Å². The van der Waals surface area contributed by atoms with E-state index in [1.165, 1.54) is 29.2 Å². The molecule has 8 heteroatoms. The number of Topliss-reactive ketones (excluding diaryl/α,β-unsaturated/α-hetero) is 1. The Bertz CT molecular complexity index is 1200. The van der Waals surface area contributed by atoms with Crippen LogP contribution in [0.25, 0.3) is 5.76 Å². The van der Waals surface area contributed by atoms with Crippen molar-refractivity contribution < 1.29 is 24.2 Å². The van der Waals surface area contributed by atoms with E-state index in [2.05, 4.69) is 4.98 Å². The van der Waals surface area contributed by atoms with Crippen molar-refractivity contribution in [3.63, 3.8) is 0 Å². The van der Waals surface area contributed by atoms with Crippen molar-refractivity contribution in [1.29, 1.82) is 0 Å². The van der Waals surface area contributed by atoms with Crippen molar-refractivity contribution in [3.8, 4) is 5.75 Å². The summed E-state index contributed by atoms with van der Waals surface area (Å²) in [5.74, 6) is -2.62. The average Bonchev–Trinajstić information content (AvgIpc) is 3.37. The van der Waals surface area contributed by atoms with Crippen LogP contribution in [0.4, 0.5) is 4.39 Å². The number of carbonyl (C=O) groups excluding carboxylic acids is 2. The highest BCUT2D eigenvalue weighted by Gasteiger charge is 2.45. The number of aliphatic hydroxyl groups is 1. The van der Waals surface area contributed by atoms with Crippen LogP contribution in [0.3, 0.4) is 0 Å². The molecule has 0 radical (unpaired) electrons. The molecule has 1 saturated heterocycles. The fraction of sp³-hybridized carbons (Fsp3) is 0.208. The summed E-state index contributed by atoms with van der Waals surface area (Å²) in [5, 5.41) is 20.9. The summed E-state index contributed by atoms with van der Waals surface area (Å²) in [7, 11) is 0. The Labute approximate surface area is 184 Å². The largest absolute Gasteiger partial charge is 0.508 e. The number of hydrogen-bond donors (Lipinski definition) is 2. The number of hydrogen-bond acceptors (Lipinski definition) is 5. The summed E-state index contributed by atoms with van der Waals surface area (Å²) in [4.78, 5) is 31.2. The number of rotatable bonds is 6. The lowest BCUT2D eigenvalue weighted by atomic mass is 9.94. The number of nitrogens with zero attached hydrogens (tertiary/aromatic N) is 3. The van der Waals surface area contributed by atoms with E-state index in [0.717, 1.165) is 6.07 Å². The fourth-order valence-electron chi connectivity index (χ4n) is 3.89. The van der Waals surface area contributed by atoms with Gasteiger partial charge in [0.05, 0.1) is 17.9 Å². The zero-order chi connectivity index (χ0) is 22.8. The van der Waals surface area contributed by atoms with E-state index in [9.17, 15) is 24.2 Å². The number of aromatic hydroxyl groups is 1. The van der Waals surface area contributed by atoms with Crippen molar-refractivity contribution in [2.75, 3.05) is 6.54 Å². The highest BCUT2D eigenvalue weighted by Crippen LogP contribution is 2.40. The Morgan fingerprint density at radius 2 is 1.97 bits per heavy atom. The third kappa shape index (κ3) is 3.99. The van der Waals surface area contributed by atoms with Gasteiger partial charge in [0.2, 0.25) is 0 Å². The molecule has 0 bridgehead atoms. The number of aliphatic hydroxyl groups excluding tert-OH is 1. The van der Waals surface area contributed by atoms with Gasteiger partial charge in [0.15, 0.2) is 0 Å². The van der Waals surface area contributed by atoms with E-state index in [0.29, 0.717) is 24.1 Å². The number of benzene rings is 2. The molecule has 7 nitrogen and oxygen atoms in total. The summed E-state index contributed by atoms with van der Waals surface area (Å²) in [6, 6.07) is 9.41. The highest BCUT2D eigenvalue weighted by atomic mass is 19.1. The van der Waals surface area contributed by atoms with Crippen LogP contribution in [0.5, 0.6) is 5.75 Å². The number of halogens is 1. The number of carbonyl (C=O) groups is 2. The molecule has 0 unspecified atom stereocenters. The van der Waals surface area contributed by atoms with Crippen LogP contribution in [0, 0.1) is 12.7 Å². The second-order valence-electron chi connectivity index (χ2n) is 7.71. The molecule has 3 aromatic rings. The molecule has 4 rings (SSSR count). The van der Waals surface area contributed by atoms with E-state index >= 15 is 0 Å². The first-order valence-electron chi connectivity index (χ1n) is 10.2. The molecular formula is C24H22FN3O4. The van der Waals surface area contributed by atoms with Gasteiger partial charge in [-0.2, -0.15) is 0 Å². The highest BCUT2D eigenvalue weighted by molar-refractivity contribution is 6.46. The van der Waals surface area contributed by atoms with Crippen molar-refractivity contribution in [3.05, 3.63) is 89.3 Å². The van der Waals surface area contributed by atoms with E-state index in [1.54, 1.807) is 37.8 Å². The SMILES string of the molecule is Cc1ccc(C(O)=C2C(=O)C(=O)N(CCCn3ccnc3)[C@@H]2c2cccc(O)c2)cc1F. The fourth-order valence-corrected chi connectivity index (χ4v) is 3.89. The molecule has 1 aromatic heterocycles. The van der Waals surface area contributed by atoms with Gasteiger partial charge in [0.1, 0.15) is 17.3 Å². The number of likely N-dealkylation sites (tertiary alicyclic amines) is 1. The second kappa shape index (κ2) is 8.66. The molecule has 2 heterocycles. The lowest BCUT2D eigenvalue weighted by Crippen LogP contribution is -2.31. The Morgan fingerprint density at radius 1 is 1.16 bits per heavy atom. The predicted octanol–water partition coefficient (Wildman–Crippen LogP) is 3.55. The molecule has 1 amide bonds. The smallest absolute Gasteiger partial charge is 0.295 e. The molecule has 1 atom stereocenters. The first-order valence-corrected chi connectivity index (χ1v) is 10.2. The van der Waals surface area contributed by atoms with E-state index in [1.807, 2.05) is 4.57 Å². The second-order valence-corrected chi connectivity index (χ2v) is 7.71. The summed E-state index contributed by atoms with van der Waals surface area (Å²) in [6.45, 7) is 2.41. The molecule has 1 aliphatic rings. The maximum absolute atomic E-state index is 14.1. The van der Waals surface area contributed by atoms with Crippen LogP contribution in [-0.2, 0) is 16.1 Å². The maximum atomic E-state index is 14.1. The summed E-state index contributed by atoms with van der Waals surface area (Å²) >= 11 is 0. The predicted molar refractivity (Wildman–Crippen MR) is 115 cm³/mol. The molecule has 2 N–H and O–H groups in total. The van der Waals surface area contributed by atoms with Crippen molar-refractivity contribution in [2.45, 2.75) is 25.9 Å². The summed E-state index contributed by atoms with van der Waals surface area (Å²) in [5.41, 5.74) is 0.841. The Balaban J connectivity index is 1.75. The van der Waals surface area contributed by atoms with Crippen LogP contribution in [0.15, 0.2) is 66.8 Å². The quantitative estimate of drug-likeness (QED) is 0.351. The monoisotopic (exact) mass is 435 g/mol. The average molecular weight is 435 g/mol. The number of aromatic nitrogens is 2. The standard InChI is InChI=1S/C24H22FN3O4/c1-15-6-7-17(13-19(15)25)22(30)20-21(16-4-2-5-18(29)12-16)28(24(32)23(20)31)10-3-9-27-11-8-26-14-27/h2,4-8,11-14,21,29-30H,3,9-10H2,1H3/t21-/m1/s1. The minimum atomic E-state index is -0.908. The van der Waals surface area contributed by atoms with Crippen molar-refractivity contribution in [2.24, 2.45) is 0 Å². The summed E-state index contributed by atoms with van der Waals surface area (Å²) < 4.78 is 16.0. The molecule has 1 aliphatic heterocycles. The number of amides is 1. The van der Waals surface area contributed by atoms with Gasteiger partial charge in [-0.15, -0.1) is 0 Å². The molecule has 1 fully saturated rings. The van der Waals surface area contributed by atoms with Gasteiger partial charge in [-0.3, -0.25) is 9.59 Å². The van der Waals surface area contributed by atoms with Gasteiger partial charge in [-0.05, 0) is 42.7 Å².